The van der Waals surface area contributed by atoms with Crippen molar-refractivity contribution >= 4 is 0 Å². The molecule has 0 atom stereocenters. The standard InChI is InChI=1S/C11H24N2/c1-10(2)5-7-13-8-6-12-9-11(13,3)4/h10,12H,5-9H2,1-4H3. The summed E-state index contributed by atoms with van der Waals surface area (Å²) in [6.07, 6.45) is 1.32. The quantitative estimate of drug-likeness (QED) is 0.718. The molecule has 1 fully saturated rings. The number of nitrogens with one attached hydrogen (secondary N) is 1. The SMILES string of the molecule is CC(C)CCN1CCNCC1(C)C. The zero-order valence-electron chi connectivity index (χ0n) is 9.56. The first kappa shape index (κ1) is 11.0. The van der Waals surface area contributed by atoms with Crippen LogP contribution in [-0.2, 0) is 0 Å². The molecule has 2 nitrogen and oxygen atoms in total. The monoisotopic (exact) mass is 184 g/mol. The van der Waals surface area contributed by atoms with Crippen molar-refractivity contribution in [1.29, 1.82) is 0 Å². The third-order valence-electron chi connectivity index (χ3n) is 2.95. The van der Waals surface area contributed by atoms with Crippen LogP contribution in [0.3, 0.4) is 0 Å². The molecule has 1 aliphatic rings. The summed E-state index contributed by atoms with van der Waals surface area (Å²) in [7, 11) is 0. The van der Waals surface area contributed by atoms with Crippen molar-refractivity contribution in [3.05, 3.63) is 0 Å². The van der Waals surface area contributed by atoms with Gasteiger partial charge in [-0.25, -0.2) is 0 Å². The number of hydrogen-bond donors (Lipinski definition) is 1. The van der Waals surface area contributed by atoms with Gasteiger partial charge in [0.1, 0.15) is 0 Å². The van der Waals surface area contributed by atoms with Crippen LogP contribution >= 0.6 is 0 Å². The van der Waals surface area contributed by atoms with Gasteiger partial charge in [-0.1, -0.05) is 13.8 Å². The molecule has 2 heteroatoms. The number of hydrogen-bond acceptors (Lipinski definition) is 2. The summed E-state index contributed by atoms with van der Waals surface area (Å²) < 4.78 is 0. The van der Waals surface area contributed by atoms with E-state index < -0.39 is 0 Å². The molecule has 0 aromatic carbocycles. The molecule has 1 heterocycles. The van der Waals surface area contributed by atoms with Crippen LogP contribution in [0.4, 0.5) is 0 Å². The van der Waals surface area contributed by atoms with E-state index in [0.717, 1.165) is 19.0 Å². The molecule has 1 N–H and O–H groups in total. The smallest absolute Gasteiger partial charge is 0.0278 e. The molecule has 0 aromatic rings. The maximum atomic E-state index is 3.45. The summed E-state index contributed by atoms with van der Waals surface area (Å²) in [6.45, 7) is 14.0. The lowest BCUT2D eigenvalue weighted by Crippen LogP contribution is -2.58. The van der Waals surface area contributed by atoms with Crippen LogP contribution in [0.25, 0.3) is 0 Å². The highest BCUT2D eigenvalue weighted by molar-refractivity contribution is 4.88. The lowest BCUT2D eigenvalue weighted by molar-refractivity contribution is 0.0855. The van der Waals surface area contributed by atoms with E-state index in [4.69, 9.17) is 0 Å². The van der Waals surface area contributed by atoms with Gasteiger partial charge >= 0.3 is 0 Å². The first-order valence-electron chi connectivity index (χ1n) is 5.48. The Morgan fingerprint density at radius 1 is 1.38 bits per heavy atom. The van der Waals surface area contributed by atoms with Gasteiger partial charge in [0.2, 0.25) is 0 Å². The van der Waals surface area contributed by atoms with Crippen LogP contribution in [0.15, 0.2) is 0 Å². The average Bonchev–Trinajstić information content (AvgIpc) is 2.01. The molecule has 1 rings (SSSR count). The third-order valence-corrected chi connectivity index (χ3v) is 2.95. The van der Waals surface area contributed by atoms with Crippen LogP contribution < -0.4 is 5.32 Å². The molecule has 13 heavy (non-hydrogen) atoms. The second kappa shape index (κ2) is 4.43. The molecule has 78 valence electrons. The highest BCUT2D eigenvalue weighted by atomic mass is 15.2. The Bertz CT molecular complexity index is 152. The molecule has 1 aliphatic heterocycles. The van der Waals surface area contributed by atoms with Crippen molar-refractivity contribution in [3.8, 4) is 0 Å². The first-order valence-corrected chi connectivity index (χ1v) is 5.48. The molecule has 0 bridgehead atoms. The van der Waals surface area contributed by atoms with Gasteiger partial charge in [0.05, 0.1) is 0 Å². The second-order valence-electron chi connectivity index (χ2n) is 5.16. The van der Waals surface area contributed by atoms with E-state index in [-0.39, 0.29) is 0 Å². The van der Waals surface area contributed by atoms with Crippen molar-refractivity contribution in [1.82, 2.24) is 10.2 Å². The number of piperazine rings is 1. The zero-order valence-corrected chi connectivity index (χ0v) is 9.56. The predicted octanol–water partition coefficient (Wildman–Crippen LogP) is 1.72. The van der Waals surface area contributed by atoms with Crippen molar-refractivity contribution in [3.63, 3.8) is 0 Å². The van der Waals surface area contributed by atoms with Crippen LogP contribution in [0, 0.1) is 5.92 Å². The van der Waals surface area contributed by atoms with Gasteiger partial charge in [-0.2, -0.15) is 0 Å². The fourth-order valence-electron chi connectivity index (χ4n) is 1.85. The summed E-state index contributed by atoms with van der Waals surface area (Å²) in [5, 5.41) is 3.45. The molecule has 0 amide bonds. The van der Waals surface area contributed by atoms with E-state index in [0.29, 0.717) is 5.54 Å². The van der Waals surface area contributed by atoms with Crippen LogP contribution in [0.5, 0.6) is 0 Å². The zero-order chi connectivity index (χ0) is 9.90. The van der Waals surface area contributed by atoms with E-state index >= 15 is 0 Å². The minimum atomic E-state index is 0.354. The molecule has 0 spiro atoms. The number of nitrogens with zero attached hydrogens (tertiary/aromatic N) is 1. The predicted molar refractivity (Wildman–Crippen MR) is 58.0 cm³/mol. The Labute approximate surface area is 82.7 Å². The summed E-state index contributed by atoms with van der Waals surface area (Å²) in [6, 6.07) is 0. The van der Waals surface area contributed by atoms with E-state index in [1.54, 1.807) is 0 Å². The van der Waals surface area contributed by atoms with Crippen molar-refractivity contribution < 1.29 is 0 Å². The van der Waals surface area contributed by atoms with Crippen LogP contribution in [0.2, 0.25) is 0 Å². The maximum absolute atomic E-state index is 3.45. The molecule has 0 aromatic heterocycles. The van der Waals surface area contributed by atoms with E-state index in [2.05, 4.69) is 37.9 Å². The van der Waals surface area contributed by atoms with Crippen molar-refractivity contribution in [2.45, 2.75) is 39.7 Å². The third kappa shape index (κ3) is 3.28. The Hall–Kier alpha value is -0.0800. The second-order valence-corrected chi connectivity index (χ2v) is 5.16. The van der Waals surface area contributed by atoms with Gasteiger partial charge in [0.15, 0.2) is 0 Å². The highest BCUT2D eigenvalue weighted by Gasteiger charge is 2.28. The summed E-state index contributed by atoms with van der Waals surface area (Å²) >= 11 is 0. The minimum Gasteiger partial charge on any atom is -0.314 e. The fourth-order valence-corrected chi connectivity index (χ4v) is 1.85. The van der Waals surface area contributed by atoms with Gasteiger partial charge in [-0.05, 0) is 32.7 Å². The van der Waals surface area contributed by atoms with Crippen molar-refractivity contribution in [2.75, 3.05) is 26.2 Å². The van der Waals surface area contributed by atoms with Gasteiger partial charge in [0.25, 0.3) is 0 Å². The van der Waals surface area contributed by atoms with Crippen molar-refractivity contribution in [2.24, 2.45) is 5.92 Å². The highest BCUT2D eigenvalue weighted by Crippen LogP contribution is 2.17. The van der Waals surface area contributed by atoms with E-state index in [1.165, 1.54) is 19.5 Å². The molecule has 0 radical (unpaired) electrons. The Balaban J connectivity index is 2.37. The normalized spacial score (nSPS) is 23.8. The maximum Gasteiger partial charge on any atom is 0.0278 e. The largest absolute Gasteiger partial charge is 0.314 e. The molecule has 0 aliphatic carbocycles. The average molecular weight is 184 g/mol. The summed E-state index contributed by atoms with van der Waals surface area (Å²) in [5.74, 6) is 0.825. The van der Waals surface area contributed by atoms with E-state index in [1.807, 2.05) is 0 Å². The van der Waals surface area contributed by atoms with Crippen LogP contribution in [0.1, 0.15) is 34.1 Å². The summed E-state index contributed by atoms with van der Waals surface area (Å²) in [5.41, 5.74) is 0.354. The van der Waals surface area contributed by atoms with Gasteiger partial charge in [-0.15, -0.1) is 0 Å². The van der Waals surface area contributed by atoms with Gasteiger partial charge < -0.3 is 5.32 Å². The molecule has 1 saturated heterocycles. The molecule has 0 unspecified atom stereocenters. The Morgan fingerprint density at radius 2 is 2.08 bits per heavy atom. The van der Waals surface area contributed by atoms with E-state index in [9.17, 15) is 0 Å². The Kier molecular flexibility index (Phi) is 3.74. The lowest BCUT2D eigenvalue weighted by atomic mass is 9.99. The first-order chi connectivity index (χ1) is 6.02. The van der Waals surface area contributed by atoms with Crippen LogP contribution in [-0.4, -0.2) is 36.6 Å². The van der Waals surface area contributed by atoms with Gasteiger partial charge in [-0.3, -0.25) is 4.90 Å². The topological polar surface area (TPSA) is 15.3 Å². The number of rotatable bonds is 3. The molecular weight excluding hydrogens is 160 g/mol. The van der Waals surface area contributed by atoms with Gasteiger partial charge in [0, 0.05) is 25.2 Å². The molecular formula is C11H24N2. The fraction of sp³-hybridized carbons (Fsp3) is 1.00. The Morgan fingerprint density at radius 3 is 2.62 bits per heavy atom. The minimum absolute atomic E-state index is 0.354. The lowest BCUT2D eigenvalue weighted by Gasteiger charge is -2.43. The molecule has 0 saturated carbocycles. The summed E-state index contributed by atoms with van der Waals surface area (Å²) in [4.78, 5) is 2.61.